The van der Waals surface area contributed by atoms with Crippen LogP contribution in [0, 0.1) is 0 Å². The zero-order valence-corrected chi connectivity index (χ0v) is 19.3. The van der Waals surface area contributed by atoms with Crippen LogP contribution in [0.25, 0.3) is 11.4 Å². The van der Waals surface area contributed by atoms with Gasteiger partial charge >= 0.3 is 6.03 Å². The van der Waals surface area contributed by atoms with E-state index < -0.39 is 15.1 Å². The number of nitrogens with one attached hydrogen (secondary N) is 2. The molecule has 3 unspecified atom stereocenters. The molecule has 6 rings (SSSR count). The summed E-state index contributed by atoms with van der Waals surface area (Å²) in [6, 6.07) is 7.42. The van der Waals surface area contributed by atoms with Crippen molar-refractivity contribution in [3.63, 3.8) is 0 Å². The summed E-state index contributed by atoms with van der Waals surface area (Å²) < 4.78 is 31.4. The number of amides is 2. The van der Waals surface area contributed by atoms with Gasteiger partial charge in [0.25, 0.3) is 0 Å². The van der Waals surface area contributed by atoms with E-state index in [-0.39, 0.29) is 30.0 Å². The second-order valence-corrected chi connectivity index (χ2v) is 11.8. The highest BCUT2D eigenvalue weighted by atomic mass is 32.2. The fraction of sp³-hybridized carbons (Fsp3) is 0.522. The van der Waals surface area contributed by atoms with Gasteiger partial charge in [-0.1, -0.05) is 0 Å². The lowest BCUT2D eigenvalue weighted by atomic mass is 10.1. The molecular weight excluding hydrogens is 442 g/mol. The van der Waals surface area contributed by atoms with Crippen molar-refractivity contribution in [2.45, 2.75) is 61.9 Å². The monoisotopic (exact) mass is 469 g/mol. The first-order valence-electron chi connectivity index (χ1n) is 11.6. The molecule has 174 valence electrons. The molecule has 2 N–H and O–H groups in total. The number of ether oxygens (including phenoxy) is 1. The predicted molar refractivity (Wildman–Crippen MR) is 124 cm³/mol. The van der Waals surface area contributed by atoms with Crippen molar-refractivity contribution in [1.29, 1.82) is 0 Å². The van der Waals surface area contributed by atoms with Gasteiger partial charge in [-0.3, -0.25) is 0 Å². The summed E-state index contributed by atoms with van der Waals surface area (Å²) in [4.78, 5) is 23.7. The second kappa shape index (κ2) is 7.66. The Balaban J connectivity index is 1.33. The number of carbonyl (C=O) groups is 1. The molecule has 10 heteroatoms. The fourth-order valence-corrected chi connectivity index (χ4v) is 6.42. The minimum Gasteiger partial charge on any atom is -0.371 e. The Kier molecular flexibility index (Phi) is 4.84. The van der Waals surface area contributed by atoms with Gasteiger partial charge in [-0.05, 0) is 56.9 Å². The summed E-state index contributed by atoms with van der Waals surface area (Å²) in [5.74, 6) is 1.15. The number of anilines is 2. The number of hydrogen-bond acceptors (Lipinski definition) is 7. The zero-order valence-electron chi connectivity index (χ0n) is 18.5. The highest BCUT2D eigenvalue weighted by Gasteiger charge is 2.41. The van der Waals surface area contributed by atoms with E-state index in [4.69, 9.17) is 9.72 Å². The molecule has 3 atom stereocenters. The van der Waals surface area contributed by atoms with Gasteiger partial charge in [-0.25, -0.2) is 23.2 Å². The largest absolute Gasteiger partial charge is 0.371 e. The van der Waals surface area contributed by atoms with Crippen molar-refractivity contribution in [1.82, 2.24) is 15.3 Å². The summed E-state index contributed by atoms with van der Waals surface area (Å²) >= 11 is 0. The number of urea groups is 1. The number of benzene rings is 1. The lowest BCUT2D eigenvalue weighted by Gasteiger charge is -2.34. The van der Waals surface area contributed by atoms with Gasteiger partial charge in [0, 0.05) is 35.9 Å². The molecule has 0 spiro atoms. The molecule has 2 saturated heterocycles. The van der Waals surface area contributed by atoms with Crippen LogP contribution in [0.3, 0.4) is 0 Å². The van der Waals surface area contributed by atoms with Gasteiger partial charge < -0.3 is 20.3 Å². The van der Waals surface area contributed by atoms with Crippen LogP contribution in [0.5, 0.6) is 0 Å². The Labute approximate surface area is 192 Å². The first-order chi connectivity index (χ1) is 15.9. The summed E-state index contributed by atoms with van der Waals surface area (Å²) in [5, 5.41) is 5.12. The molecule has 2 aromatic rings. The number of hydrogen-bond donors (Lipinski definition) is 2. The topological polar surface area (TPSA) is 114 Å². The van der Waals surface area contributed by atoms with Crippen molar-refractivity contribution in [3.05, 3.63) is 35.5 Å². The van der Waals surface area contributed by atoms with Crippen LogP contribution in [-0.2, 0) is 20.3 Å². The molecule has 1 aromatic heterocycles. The van der Waals surface area contributed by atoms with E-state index in [1.54, 1.807) is 6.92 Å². The minimum absolute atomic E-state index is 0.0653. The van der Waals surface area contributed by atoms with E-state index in [2.05, 4.69) is 20.5 Å². The van der Waals surface area contributed by atoms with Crippen LogP contribution in [0.4, 0.5) is 16.3 Å². The van der Waals surface area contributed by atoms with E-state index in [0.717, 1.165) is 42.6 Å². The number of aromatic nitrogens is 2. The lowest BCUT2D eigenvalue weighted by Crippen LogP contribution is -2.43. The Hall–Kier alpha value is -2.72. The van der Waals surface area contributed by atoms with Gasteiger partial charge in [-0.2, -0.15) is 0 Å². The van der Waals surface area contributed by atoms with Crippen LogP contribution >= 0.6 is 0 Å². The third kappa shape index (κ3) is 3.95. The SMILES string of the molecule is CC1c2c(nc(-c3ccc(NC(=O)NC4CC4)cc3)nc2N2CC3CCC(C2)O3)CS1(=O)=O. The second-order valence-electron chi connectivity index (χ2n) is 9.49. The van der Waals surface area contributed by atoms with E-state index in [0.29, 0.717) is 30.3 Å². The number of rotatable bonds is 4. The maximum absolute atomic E-state index is 12.7. The number of carbonyl (C=O) groups excluding carboxylic acids is 1. The van der Waals surface area contributed by atoms with Crippen molar-refractivity contribution in [2.75, 3.05) is 23.3 Å². The Morgan fingerprint density at radius 2 is 1.76 bits per heavy atom. The number of fused-ring (bicyclic) bond motifs is 3. The normalized spacial score (nSPS) is 27.3. The van der Waals surface area contributed by atoms with Crippen molar-refractivity contribution >= 4 is 27.4 Å². The predicted octanol–water partition coefficient (Wildman–Crippen LogP) is 2.78. The fourth-order valence-electron chi connectivity index (χ4n) is 4.97. The van der Waals surface area contributed by atoms with Crippen molar-refractivity contribution in [3.8, 4) is 11.4 Å². The molecular formula is C23H27N5O4S. The van der Waals surface area contributed by atoms with E-state index in [1.807, 2.05) is 24.3 Å². The Morgan fingerprint density at radius 3 is 2.42 bits per heavy atom. The van der Waals surface area contributed by atoms with Crippen LogP contribution in [0.1, 0.15) is 49.1 Å². The highest BCUT2D eigenvalue weighted by Crippen LogP contribution is 2.42. The Morgan fingerprint density at radius 1 is 1.06 bits per heavy atom. The van der Waals surface area contributed by atoms with E-state index >= 15 is 0 Å². The molecule has 3 aliphatic heterocycles. The molecule has 33 heavy (non-hydrogen) atoms. The van der Waals surface area contributed by atoms with Gasteiger partial charge in [0.05, 0.1) is 28.9 Å². The first kappa shape index (κ1) is 20.9. The number of sulfone groups is 1. The standard InChI is InChI=1S/C23H27N5O4S/c1-13-20-19(12-33(13,30)31)26-21(27-22(20)28-10-17-8-9-18(11-28)32-17)14-2-4-15(5-3-14)24-23(29)25-16-6-7-16/h2-5,13,16-18H,6-12H2,1H3,(H2,24,25,29). The molecule has 1 aromatic carbocycles. The molecule has 4 heterocycles. The number of morpholine rings is 1. The smallest absolute Gasteiger partial charge is 0.319 e. The zero-order chi connectivity index (χ0) is 22.7. The summed E-state index contributed by atoms with van der Waals surface area (Å²) in [5.41, 5.74) is 2.78. The molecule has 3 fully saturated rings. The van der Waals surface area contributed by atoms with Crippen LogP contribution in [0.2, 0.25) is 0 Å². The average Bonchev–Trinajstić information content (AvgIpc) is 3.48. The quantitative estimate of drug-likeness (QED) is 0.708. The molecule has 0 radical (unpaired) electrons. The third-order valence-corrected chi connectivity index (χ3v) is 8.93. The highest BCUT2D eigenvalue weighted by molar-refractivity contribution is 7.91. The minimum atomic E-state index is -3.30. The van der Waals surface area contributed by atoms with Crippen molar-refractivity contribution in [2.24, 2.45) is 0 Å². The molecule has 1 aliphatic carbocycles. The van der Waals surface area contributed by atoms with Crippen LogP contribution in [-0.4, -0.2) is 55.8 Å². The maximum Gasteiger partial charge on any atom is 0.319 e. The number of nitrogens with zero attached hydrogens (tertiary/aromatic N) is 3. The van der Waals surface area contributed by atoms with Gasteiger partial charge in [-0.15, -0.1) is 0 Å². The van der Waals surface area contributed by atoms with E-state index in [9.17, 15) is 13.2 Å². The van der Waals surface area contributed by atoms with Gasteiger partial charge in [0.2, 0.25) is 0 Å². The van der Waals surface area contributed by atoms with Gasteiger partial charge in [0.15, 0.2) is 15.7 Å². The van der Waals surface area contributed by atoms with Crippen molar-refractivity contribution < 1.29 is 17.9 Å². The Bertz CT molecular complexity index is 1200. The summed E-state index contributed by atoms with van der Waals surface area (Å²) in [6.07, 6.45) is 4.44. The lowest BCUT2D eigenvalue weighted by molar-refractivity contribution is 0.0301. The van der Waals surface area contributed by atoms with E-state index in [1.165, 1.54) is 0 Å². The maximum atomic E-state index is 12.7. The molecule has 1 saturated carbocycles. The van der Waals surface area contributed by atoms with Gasteiger partial charge in [0.1, 0.15) is 5.82 Å². The summed E-state index contributed by atoms with van der Waals surface area (Å²) in [6.45, 7) is 3.16. The molecule has 4 aliphatic rings. The first-order valence-corrected chi connectivity index (χ1v) is 13.3. The van der Waals surface area contributed by atoms with Crippen LogP contribution in [0.15, 0.2) is 24.3 Å². The molecule has 2 bridgehead atoms. The molecule has 2 amide bonds. The summed E-state index contributed by atoms with van der Waals surface area (Å²) in [7, 11) is -3.30. The molecule has 9 nitrogen and oxygen atoms in total. The third-order valence-electron chi connectivity index (χ3n) is 6.94. The average molecular weight is 470 g/mol. The van der Waals surface area contributed by atoms with Crippen LogP contribution < -0.4 is 15.5 Å².